The van der Waals surface area contributed by atoms with Crippen LogP contribution in [0.4, 0.5) is 0 Å². The molecule has 1 aliphatic rings. The van der Waals surface area contributed by atoms with Crippen LogP contribution in [0.3, 0.4) is 0 Å². The Labute approximate surface area is 170 Å². The Morgan fingerprint density at radius 2 is 1.61 bits per heavy atom. The molecule has 2 amide bonds. The van der Waals surface area contributed by atoms with E-state index in [0.717, 1.165) is 0 Å². The molecule has 0 saturated carbocycles. The summed E-state index contributed by atoms with van der Waals surface area (Å²) >= 11 is 4.34. The molecular formula is C21H24N2O4S. The topological polar surface area (TPSA) is 67.9 Å². The minimum absolute atomic E-state index is 0.0176. The first-order chi connectivity index (χ1) is 13.5. The fourth-order valence-electron chi connectivity index (χ4n) is 3.38. The van der Waals surface area contributed by atoms with Gasteiger partial charge in [-0.25, -0.2) is 0 Å². The molecular weight excluding hydrogens is 376 g/mol. The zero-order valence-electron chi connectivity index (χ0n) is 16.0. The number of nitrogens with zero attached hydrogens (tertiary/aromatic N) is 1. The summed E-state index contributed by atoms with van der Waals surface area (Å²) in [6, 6.07) is 12.5. The van der Waals surface area contributed by atoms with E-state index in [1.807, 2.05) is 12.1 Å². The Kier molecular flexibility index (Phi) is 6.46. The van der Waals surface area contributed by atoms with Gasteiger partial charge in [-0.2, -0.15) is 0 Å². The lowest BCUT2D eigenvalue weighted by Crippen LogP contribution is -2.46. The molecule has 2 aromatic rings. The van der Waals surface area contributed by atoms with Crippen molar-refractivity contribution in [1.29, 1.82) is 0 Å². The minimum atomic E-state index is -0.137. The van der Waals surface area contributed by atoms with Gasteiger partial charge >= 0.3 is 0 Å². The van der Waals surface area contributed by atoms with Crippen LogP contribution < -0.4 is 14.8 Å². The number of methoxy groups -OCH3 is 2. The van der Waals surface area contributed by atoms with E-state index >= 15 is 0 Å². The van der Waals surface area contributed by atoms with Crippen LogP contribution in [-0.4, -0.2) is 50.1 Å². The fraction of sp³-hybridized carbons (Fsp3) is 0.333. The molecule has 0 spiro atoms. The summed E-state index contributed by atoms with van der Waals surface area (Å²) in [5.74, 6) is 0.719. The maximum absolute atomic E-state index is 13.0. The fourth-order valence-corrected chi connectivity index (χ4v) is 3.64. The summed E-state index contributed by atoms with van der Waals surface area (Å²) in [6.07, 6.45) is 1.37. The first-order valence-electron chi connectivity index (χ1n) is 9.14. The van der Waals surface area contributed by atoms with Gasteiger partial charge in [0.2, 0.25) is 0 Å². The molecule has 0 bridgehead atoms. The molecule has 0 radical (unpaired) electrons. The van der Waals surface area contributed by atoms with Gasteiger partial charge in [0.25, 0.3) is 11.8 Å². The molecule has 0 aliphatic carbocycles. The number of hydrogen-bond acceptors (Lipinski definition) is 5. The van der Waals surface area contributed by atoms with Crippen LogP contribution in [0, 0.1) is 0 Å². The molecule has 3 rings (SSSR count). The van der Waals surface area contributed by atoms with Crippen LogP contribution in [-0.2, 0) is 0 Å². The van der Waals surface area contributed by atoms with Gasteiger partial charge in [-0.15, -0.1) is 12.6 Å². The van der Waals surface area contributed by atoms with Crippen LogP contribution in [0.2, 0.25) is 0 Å². The second-order valence-electron chi connectivity index (χ2n) is 6.59. The summed E-state index contributed by atoms with van der Waals surface area (Å²) in [4.78, 5) is 27.9. The van der Waals surface area contributed by atoms with E-state index in [4.69, 9.17) is 9.47 Å². The largest absolute Gasteiger partial charge is 0.496 e. The zero-order chi connectivity index (χ0) is 20.1. The second kappa shape index (κ2) is 9.01. The molecule has 0 unspecified atom stereocenters. The van der Waals surface area contributed by atoms with E-state index in [-0.39, 0.29) is 17.9 Å². The number of carbonyl (C=O) groups is 2. The number of benzene rings is 2. The third-order valence-electron chi connectivity index (χ3n) is 4.91. The molecule has 1 saturated heterocycles. The van der Waals surface area contributed by atoms with Crippen molar-refractivity contribution in [3.63, 3.8) is 0 Å². The average molecular weight is 401 g/mol. The van der Waals surface area contributed by atoms with E-state index in [9.17, 15) is 9.59 Å². The molecule has 0 aromatic heterocycles. The molecule has 6 nitrogen and oxygen atoms in total. The highest BCUT2D eigenvalue weighted by Crippen LogP contribution is 2.30. The van der Waals surface area contributed by atoms with Crippen molar-refractivity contribution in [1.82, 2.24) is 10.2 Å². The Bertz CT molecular complexity index is 841. The monoisotopic (exact) mass is 400 g/mol. The molecule has 7 heteroatoms. The van der Waals surface area contributed by atoms with Crippen molar-refractivity contribution >= 4 is 24.4 Å². The van der Waals surface area contributed by atoms with Gasteiger partial charge < -0.3 is 19.7 Å². The molecule has 1 fully saturated rings. The van der Waals surface area contributed by atoms with Crippen LogP contribution in [0.15, 0.2) is 47.4 Å². The van der Waals surface area contributed by atoms with Gasteiger partial charge in [0, 0.05) is 24.0 Å². The van der Waals surface area contributed by atoms with Crippen molar-refractivity contribution in [2.24, 2.45) is 0 Å². The summed E-state index contributed by atoms with van der Waals surface area (Å²) in [5.41, 5.74) is 0.988. The number of rotatable bonds is 5. The predicted octanol–water partition coefficient (Wildman–Crippen LogP) is 3.03. The quantitative estimate of drug-likeness (QED) is 0.757. The molecule has 148 valence electrons. The molecule has 0 atom stereocenters. The lowest BCUT2D eigenvalue weighted by Gasteiger charge is -2.33. The second-order valence-corrected chi connectivity index (χ2v) is 7.08. The van der Waals surface area contributed by atoms with E-state index in [2.05, 4.69) is 17.9 Å². The van der Waals surface area contributed by atoms with Gasteiger partial charge in [0.05, 0.1) is 19.8 Å². The number of hydrogen-bond donors (Lipinski definition) is 2. The standard InChI is InChI=1S/C21H24N2O4S/c1-26-16-7-5-8-17(27-2)19(16)21(25)23-12-10-14(11-13-23)22-20(24)15-6-3-4-9-18(15)28/h3-9,14,28H,10-13H2,1-2H3,(H,22,24). The third-order valence-corrected chi connectivity index (χ3v) is 5.30. The maximum atomic E-state index is 13.0. The average Bonchev–Trinajstić information content (AvgIpc) is 2.73. The van der Waals surface area contributed by atoms with Crippen molar-refractivity contribution in [3.05, 3.63) is 53.6 Å². The zero-order valence-corrected chi connectivity index (χ0v) is 16.9. The lowest BCUT2D eigenvalue weighted by molar-refractivity contribution is 0.0691. The number of carbonyl (C=O) groups excluding carboxylic acids is 2. The predicted molar refractivity (Wildman–Crippen MR) is 110 cm³/mol. The van der Waals surface area contributed by atoms with Crippen LogP contribution >= 0.6 is 12.6 Å². The van der Waals surface area contributed by atoms with Crippen LogP contribution in [0.25, 0.3) is 0 Å². The van der Waals surface area contributed by atoms with Crippen molar-refractivity contribution in [2.45, 2.75) is 23.8 Å². The Hall–Kier alpha value is -2.67. The van der Waals surface area contributed by atoms with Gasteiger partial charge in [0.1, 0.15) is 17.1 Å². The number of ether oxygens (including phenoxy) is 2. The molecule has 1 heterocycles. The van der Waals surface area contributed by atoms with Gasteiger partial charge in [-0.05, 0) is 37.1 Å². The number of amides is 2. The van der Waals surface area contributed by atoms with Crippen molar-refractivity contribution in [3.8, 4) is 11.5 Å². The van der Waals surface area contributed by atoms with E-state index < -0.39 is 0 Å². The summed E-state index contributed by atoms with van der Waals surface area (Å²) in [5, 5.41) is 3.05. The molecule has 1 aliphatic heterocycles. The number of piperidine rings is 1. The first kappa shape index (κ1) is 20.1. The number of likely N-dealkylation sites (tertiary alicyclic amines) is 1. The highest BCUT2D eigenvalue weighted by molar-refractivity contribution is 7.80. The first-order valence-corrected chi connectivity index (χ1v) is 9.59. The van der Waals surface area contributed by atoms with E-state index in [1.165, 1.54) is 14.2 Å². The van der Waals surface area contributed by atoms with Gasteiger partial charge in [-0.1, -0.05) is 18.2 Å². The third kappa shape index (κ3) is 4.25. The SMILES string of the molecule is COc1cccc(OC)c1C(=O)N1CCC(NC(=O)c2ccccc2S)CC1. The van der Waals surface area contributed by atoms with Gasteiger partial charge in [0.15, 0.2) is 0 Å². The number of nitrogens with one attached hydrogen (secondary N) is 1. The molecule has 2 aromatic carbocycles. The summed E-state index contributed by atoms with van der Waals surface area (Å²) < 4.78 is 10.7. The number of thiol groups is 1. The normalized spacial score (nSPS) is 14.5. The highest BCUT2D eigenvalue weighted by atomic mass is 32.1. The van der Waals surface area contributed by atoms with Crippen molar-refractivity contribution in [2.75, 3.05) is 27.3 Å². The summed E-state index contributed by atoms with van der Waals surface area (Å²) in [7, 11) is 3.07. The smallest absolute Gasteiger partial charge is 0.261 e. The molecule has 1 N–H and O–H groups in total. The van der Waals surface area contributed by atoms with Gasteiger partial charge in [-0.3, -0.25) is 9.59 Å². The minimum Gasteiger partial charge on any atom is -0.496 e. The van der Waals surface area contributed by atoms with Crippen LogP contribution in [0.1, 0.15) is 33.6 Å². The Morgan fingerprint density at radius 3 is 2.18 bits per heavy atom. The Balaban J connectivity index is 1.64. The van der Waals surface area contributed by atoms with E-state index in [0.29, 0.717) is 53.5 Å². The lowest BCUT2D eigenvalue weighted by atomic mass is 10.0. The Morgan fingerprint density at radius 1 is 1.00 bits per heavy atom. The van der Waals surface area contributed by atoms with E-state index in [1.54, 1.807) is 35.2 Å². The highest BCUT2D eigenvalue weighted by Gasteiger charge is 2.28. The maximum Gasteiger partial charge on any atom is 0.261 e. The summed E-state index contributed by atoms with van der Waals surface area (Å²) in [6.45, 7) is 1.10. The van der Waals surface area contributed by atoms with Crippen LogP contribution in [0.5, 0.6) is 11.5 Å². The molecule has 28 heavy (non-hydrogen) atoms. The van der Waals surface area contributed by atoms with Crippen molar-refractivity contribution < 1.29 is 19.1 Å².